The highest BCUT2D eigenvalue weighted by atomic mass is 35.5. The first-order valence-electron chi connectivity index (χ1n) is 4.31. The van der Waals surface area contributed by atoms with Gasteiger partial charge in [0.05, 0.1) is 0 Å². The molecule has 13 heavy (non-hydrogen) atoms. The van der Waals surface area contributed by atoms with Crippen LogP contribution in [0.15, 0.2) is 18.2 Å². The third-order valence-corrected chi connectivity index (χ3v) is 2.55. The van der Waals surface area contributed by atoms with Crippen LogP contribution in [0.2, 0.25) is 5.02 Å². The van der Waals surface area contributed by atoms with Crippen LogP contribution in [0.3, 0.4) is 0 Å². The van der Waals surface area contributed by atoms with E-state index in [2.05, 4.69) is 4.90 Å². The fraction of sp³-hybridized carbons (Fsp3) is 0.300. The molecule has 0 bridgehead atoms. The molecule has 0 aromatic heterocycles. The molecule has 0 N–H and O–H groups in total. The highest BCUT2D eigenvalue weighted by molar-refractivity contribution is 6.31. The number of hydrogen-bond acceptors (Lipinski definition) is 2. The predicted molar refractivity (Wildman–Crippen MR) is 53.7 cm³/mol. The molecule has 0 spiro atoms. The van der Waals surface area contributed by atoms with Gasteiger partial charge in [0, 0.05) is 29.4 Å². The Hall–Kier alpha value is -1.02. The summed E-state index contributed by atoms with van der Waals surface area (Å²) in [4.78, 5) is 12.9. The Kier molecular flexibility index (Phi) is 2.23. The number of carbonyl (C=O) groups is 1. The van der Waals surface area contributed by atoms with E-state index in [-0.39, 0.29) is 0 Å². The van der Waals surface area contributed by atoms with E-state index in [4.69, 9.17) is 11.6 Å². The second kappa shape index (κ2) is 3.38. The topological polar surface area (TPSA) is 20.3 Å². The van der Waals surface area contributed by atoms with Crippen LogP contribution in [-0.4, -0.2) is 19.4 Å². The van der Waals surface area contributed by atoms with Crippen molar-refractivity contribution in [3.05, 3.63) is 28.8 Å². The van der Waals surface area contributed by atoms with Crippen LogP contribution in [0.5, 0.6) is 0 Å². The second-order valence-electron chi connectivity index (χ2n) is 3.16. The van der Waals surface area contributed by atoms with E-state index in [0.29, 0.717) is 5.02 Å². The van der Waals surface area contributed by atoms with E-state index in [1.807, 2.05) is 6.07 Å². The quantitative estimate of drug-likeness (QED) is 0.676. The van der Waals surface area contributed by atoms with Gasteiger partial charge in [-0.05, 0) is 24.6 Å². The van der Waals surface area contributed by atoms with Gasteiger partial charge in [-0.2, -0.15) is 0 Å². The molecular formula is C10H10ClNO. The molecule has 2 nitrogen and oxygen atoms in total. The molecule has 1 aliphatic heterocycles. The van der Waals surface area contributed by atoms with Crippen molar-refractivity contribution in [2.24, 2.45) is 0 Å². The largest absolute Gasteiger partial charge is 0.371 e. The number of aldehydes is 1. The van der Waals surface area contributed by atoms with E-state index in [1.165, 1.54) is 6.42 Å². The minimum atomic E-state index is 0.688. The summed E-state index contributed by atoms with van der Waals surface area (Å²) in [5, 5.41) is 0.688. The number of rotatable bonds is 2. The standard InChI is InChI=1S/C10H10ClNO/c11-9-3-2-8(7-13)10(6-9)12-4-1-5-12/h2-3,6-7H,1,4-5H2. The molecule has 1 aliphatic rings. The summed E-state index contributed by atoms with van der Waals surface area (Å²) in [6.07, 6.45) is 2.08. The zero-order chi connectivity index (χ0) is 9.26. The fourth-order valence-electron chi connectivity index (χ4n) is 1.45. The van der Waals surface area contributed by atoms with E-state index >= 15 is 0 Å². The van der Waals surface area contributed by atoms with Crippen molar-refractivity contribution in [3.8, 4) is 0 Å². The Morgan fingerprint density at radius 2 is 2.15 bits per heavy atom. The summed E-state index contributed by atoms with van der Waals surface area (Å²) < 4.78 is 0. The molecule has 0 saturated carbocycles. The van der Waals surface area contributed by atoms with Gasteiger partial charge >= 0.3 is 0 Å². The molecule has 0 radical (unpaired) electrons. The van der Waals surface area contributed by atoms with Crippen molar-refractivity contribution in [2.75, 3.05) is 18.0 Å². The third kappa shape index (κ3) is 1.54. The minimum absolute atomic E-state index is 0.688. The van der Waals surface area contributed by atoms with Gasteiger partial charge in [-0.15, -0.1) is 0 Å². The number of anilines is 1. The number of nitrogens with zero attached hydrogens (tertiary/aromatic N) is 1. The molecule has 0 unspecified atom stereocenters. The smallest absolute Gasteiger partial charge is 0.152 e. The van der Waals surface area contributed by atoms with E-state index in [1.54, 1.807) is 12.1 Å². The van der Waals surface area contributed by atoms with Gasteiger partial charge < -0.3 is 4.90 Å². The number of halogens is 1. The summed E-state index contributed by atoms with van der Waals surface area (Å²) in [5.74, 6) is 0. The van der Waals surface area contributed by atoms with Crippen LogP contribution in [0, 0.1) is 0 Å². The monoisotopic (exact) mass is 195 g/mol. The second-order valence-corrected chi connectivity index (χ2v) is 3.60. The highest BCUT2D eigenvalue weighted by Gasteiger charge is 2.17. The molecule has 1 fully saturated rings. The van der Waals surface area contributed by atoms with Crippen LogP contribution >= 0.6 is 11.6 Å². The number of hydrogen-bond donors (Lipinski definition) is 0. The van der Waals surface area contributed by atoms with Gasteiger partial charge in [0.15, 0.2) is 6.29 Å². The first-order valence-corrected chi connectivity index (χ1v) is 4.69. The van der Waals surface area contributed by atoms with Crippen LogP contribution < -0.4 is 4.90 Å². The summed E-state index contributed by atoms with van der Waals surface area (Å²) in [6.45, 7) is 2.06. The van der Waals surface area contributed by atoms with Crippen molar-refractivity contribution in [3.63, 3.8) is 0 Å². The van der Waals surface area contributed by atoms with Gasteiger partial charge in [-0.3, -0.25) is 4.79 Å². The Balaban J connectivity index is 2.39. The van der Waals surface area contributed by atoms with Crippen molar-refractivity contribution >= 4 is 23.6 Å². The van der Waals surface area contributed by atoms with Crippen LogP contribution in [-0.2, 0) is 0 Å². The molecule has 2 rings (SSSR count). The maximum atomic E-state index is 10.7. The highest BCUT2D eigenvalue weighted by Crippen LogP contribution is 2.27. The summed E-state index contributed by atoms with van der Waals surface area (Å²) in [7, 11) is 0. The molecule has 0 atom stereocenters. The van der Waals surface area contributed by atoms with Gasteiger partial charge in [0.2, 0.25) is 0 Å². The molecule has 0 amide bonds. The lowest BCUT2D eigenvalue weighted by Crippen LogP contribution is -2.37. The Labute approximate surface area is 82.1 Å². The normalized spacial score (nSPS) is 15.3. The van der Waals surface area contributed by atoms with Crippen molar-refractivity contribution in [1.82, 2.24) is 0 Å². The first kappa shape index (κ1) is 8.57. The molecule has 1 aromatic rings. The maximum Gasteiger partial charge on any atom is 0.152 e. The molecule has 0 aliphatic carbocycles. The summed E-state index contributed by atoms with van der Waals surface area (Å²) in [5.41, 5.74) is 1.69. The van der Waals surface area contributed by atoms with E-state index in [9.17, 15) is 4.79 Å². The molecular weight excluding hydrogens is 186 g/mol. The Morgan fingerprint density at radius 3 is 2.69 bits per heavy atom. The van der Waals surface area contributed by atoms with Crippen LogP contribution in [0.4, 0.5) is 5.69 Å². The number of carbonyl (C=O) groups excluding carboxylic acids is 1. The van der Waals surface area contributed by atoms with Crippen LogP contribution in [0.25, 0.3) is 0 Å². The molecule has 1 saturated heterocycles. The lowest BCUT2D eigenvalue weighted by atomic mass is 10.1. The van der Waals surface area contributed by atoms with Crippen molar-refractivity contribution in [1.29, 1.82) is 0 Å². The SMILES string of the molecule is O=Cc1ccc(Cl)cc1N1CCC1. The van der Waals surface area contributed by atoms with Crippen molar-refractivity contribution in [2.45, 2.75) is 6.42 Å². The van der Waals surface area contributed by atoms with Crippen LogP contribution in [0.1, 0.15) is 16.8 Å². The van der Waals surface area contributed by atoms with Gasteiger partial charge in [-0.25, -0.2) is 0 Å². The lowest BCUT2D eigenvalue weighted by Gasteiger charge is -2.34. The van der Waals surface area contributed by atoms with Gasteiger partial charge in [0.1, 0.15) is 0 Å². The number of benzene rings is 1. The third-order valence-electron chi connectivity index (χ3n) is 2.32. The summed E-state index contributed by atoms with van der Waals surface area (Å²) >= 11 is 5.86. The van der Waals surface area contributed by atoms with E-state index < -0.39 is 0 Å². The fourth-order valence-corrected chi connectivity index (χ4v) is 1.61. The molecule has 1 aromatic carbocycles. The average molecular weight is 196 g/mol. The van der Waals surface area contributed by atoms with Gasteiger partial charge in [0.25, 0.3) is 0 Å². The first-order chi connectivity index (χ1) is 6.31. The summed E-state index contributed by atoms with van der Waals surface area (Å²) in [6, 6.07) is 5.36. The predicted octanol–water partition coefficient (Wildman–Crippen LogP) is 2.36. The zero-order valence-corrected chi connectivity index (χ0v) is 7.92. The lowest BCUT2D eigenvalue weighted by molar-refractivity contribution is 0.112. The average Bonchev–Trinajstić information content (AvgIpc) is 2.02. The minimum Gasteiger partial charge on any atom is -0.371 e. The maximum absolute atomic E-state index is 10.7. The molecule has 3 heteroatoms. The Bertz CT molecular complexity index is 334. The van der Waals surface area contributed by atoms with Crippen molar-refractivity contribution < 1.29 is 4.79 Å². The van der Waals surface area contributed by atoms with Gasteiger partial charge in [-0.1, -0.05) is 11.6 Å². The molecule has 68 valence electrons. The Morgan fingerprint density at radius 1 is 1.38 bits per heavy atom. The van der Waals surface area contributed by atoms with E-state index in [0.717, 1.165) is 30.6 Å². The molecule has 1 heterocycles. The zero-order valence-electron chi connectivity index (χ0n) is 7.16.